The standard InChI is InChI=1S/C25H20N2O4/c1-3-31-25(29)22-19-15-17(30-2)13-14-21(19)26-20-12-8-7-11-18(20)24(28)27(26)23(22)16-9-5-4-6-10-16/h4-15H,3H2,1-2H3. The second-order valence-corrected chi connectivity index (χ2v) is 7.14. The molecule has 0 radical (unpaired) electrons. The molecular formula is C25H20N2O4. The fraction of sp³-hybridized carbons (Fsp3) is 0.120. The first-order chi connectivity index (χ1) is 15.2. The van der Waals surface area contributed by atoms with Gasteiger partial charge >= 0.3 is 5.97 Å². The van der Waals surface area contributed by atoms with Gasteiger partial charge in [0.05, 0.1) is 41.4 Å². The molecule has 5 rings (SSSR count). The van der Waals surface area contributed by atoms with Gasteiger partial charge in [0.15, 0.2) is 0 Å². The van der Waals surface area contributed by atoms with Gasteiger partial charge in [0, 0.05) is 10.9 Å². The van der Waals surface area contributed by atoms with Crippen LogP contribution in [-0.2, 0) is 4.74 Å². The average Bonchev–Trinajstić information content (AvgIpc) is 3.11. The summed E-state index contributed by atoms with van der Waals surface area (Å²) in [6, 6.07) is 22.3. The van der Waals surface area contributed by atoms with E-state index in [-0.39, 0.29) is 12.2 Å². The van der Waals surface area contributed by atoms with Gasteiger partial charge in [-0.2, -0.15) is 0 Å². The molecule has 0 saturated heterocycles. The number of hydrogen-bond donors (Lipinski definition) is 0. The number of nitrogens with zero attached hydrogens (tertiary/aromatic N) is 2. The second-order valence-electron chi connectivity index (χ2n) is 7.14. The van der Waals surface area contributed by atoms with Crippen LogP contribution in [0.2, 0.25) is 0 Å². The van der Waals surface area contributed by atoms with E-state index >= 15 is 0 Å². The molecule has 0 aliphatic carbocycles. The fourth-order valence-electron chi connectivity index (χ4n) is 4.12. The average molecular weight is 412 g/mol. The molecular weight excluding hydrogens is 392 g/mol. The minimum atomic E-state index is -0.487. The van der Waals surface area contributed by atoms with Gasteiger partial charge in [0.25, 0.3) is 5.56 Å². The summed E-state index contributed by atoms with van der Waals surface area (Å²) < 4.78 is 14.3. The molecule has 0 saturated carbocycles. The summed E-state index contributed by atoms with van der Waals surface area (Å²) in [6.07, 6.45) is 0. The van der Waals surface area contributed by atoms with Crippen LogP contribution in [0.3, 0.4) is 0 Å². The van der Waals surface area contributed by atoms with Crippen LogP contribution in [0.15, 0.2) is 77.6 Å². The van der Waals surface area contributed by atoms with Crippen LogP contribution in [0.25, 0.3) is 33.1 Å². The summed E-state index contributed by atoms with van der Waals surface area (Å²) in [5.74, 6) is 0.125. The lowest BCUT2D eigenvalue weighted by Crippen LogP contribution is -2.20. The normalized spacial score (nSPS) is 11.3. The van der Waals surface area contributed by atoms with Crippen LogP contribution in [-0.4, -0.2) is 28.7 Å². The molecule has 0 fully saturated rings. The van der Waals surface area contributed by atoms with Crippen LogP contribution in [0.1, 0.15) is 17.3 Å². The number of ether oxygens (including phenoxy) is 2. The zero-order chi connectivity index (χ0) is 21.5. The van der Waals surface area contributed by atoms with Crippen molar-refractivity contribution in [2.75, 3.05) is 13.7 Å². The summed E-state index contributed by atoms with van der Waals surface area (Å²) in [7, 11) is 1.58. The Morgan fingerprint density at radius 3 is 2.32 bits per heavy atom. The van der Waals surface area contributed by atoms with Crippen LogP contribution >= 0.6 is 0 Å². The fourth-order valence-corrected chi connectivity index (χ4v) is 4.12. The number of fused-ring (bicyclic) bond motifs is 5. The molecule has 0 unspecified atom stereocenters. The van der Waals surface area contributed by atoms with Crippen molar-refractivity contribution in [3.63, 3.8) is 0 Å². The molecule has 2 aromatic heterocycles. The molecule has 5 aromatic rings. The monoisotopic (exact) mass is 412 g/mol. The number of para-hydroxylation sites is 1. The Morgan fingerprint density at radius 2 is 1.58 bits per heavy atom. The molecule has 0 atom stereocenters. The minimum absolute atomic E-state index is 0.197. The second kappa shape index (κ2) is 7.32. The Bertz CT molecular complexity index is 1510. The van der Waals surface area contributed by atoms with Gasteiger partial charge in [-0.15, -0.1) is 0 Å². The summed E-state index contributed by atoms with van der Waals surface area (Å²) >= 11 is 0. The zero-order valence-electron chi connectivity index (χ0n) is 17.2. The predicted octanol–water partition coefficient (Wildman–Crippen LogP) is 4.56. The molecule has 0 aliphatic heterocycles. The molecule has 0 aliphatic rings. The Balaban J connectivity index is 2.12. The highest BCUT2D eigenvalue weighted by molar-refractivity contribution is 6.09. The molecule has 31 heavy (non-hydrogen) atoms. The summed E-state index contributed by atoms with van der Waals surface area (Å²) in [5, 5.41) is 1.22. The van der Waals surface area contributed by atoms with E-state index in [1.807, 2.05) is 71.2 Å². The minimum Gasteiger partial charge on any atom is -0.497 e. The van der Waals surface area contributed by atoms with Crippen molar-refractivity contribution < 1.29 is 14.3 Å². The van der Waals surface area contributed by atoms with E-state index in [1.165, 1.54) is 0 Å². The Labute approximate surface area is 177 Å². The maximum absolute atomic E-state index is 13.5. The molecule has 6 nitrogen and oxygen atoms in total. The molecule has 0 N–H and O–H groups in total. The smallest absolute Gasteiger partial charge is 0.341 e. The number of rotatable bonds is 4. The van der Waals surface area contributed by atoms with Gasteiger partial charge < -0.3 is 9.47 Å². The van der Waals surface area contributed by atoms with Crippen LogP contribution < -0.4 is 10.3 Å². The summed E-state index contributed by atoms with van der Waals surface area (Å²) in [6.45, 7) is 1.99. The van der Waals surface area contributed by atoms with Gasteiger partial charge in [-0.3, -0.25) is 4.79 Å². The van der Waals surface area contributed by atoms with E-state index in [2.05, 4.69) is 0 Å². The number of carbonyl (C=O) groups is 1. The van der Waals surface area contributed by atoms with Crippen molar-refractivity contribution in [2.24, 2.45) is 0 Å². The third kappa shape index (κ3) is 2.79. The van der Waals surface area contributed by atoms with Crippen molar-refractivity contribution >= 4 is 27.8 Å². The van der Waals surface area contributed by atoms with Crippen LogP contribution in [0.5, 0.6) is 5.75 Å². The van der Waals surface area contributed by atoms with Crippen LogP contribution in [0, 0.1) is 0 Å². The van der Waals surface area contributed by atoms with Crippen molar-refractivity contribution in [2.45, 2.75) is 6.92 Å². The van der Waals surface area contributed by atoms with Gasteiger partial charge in [0.2, 0.25) is 0 Å². The summed E-state index contributed by atoms with van der Waals surface area (Å²) in [5.41, 5.74) is 2.83. The van der Waals surface area contributed by atoms with E-state index < -0.39 is 5.97 Å². The Morgan fingerprint density at radius 1 is 0.871 bits per heavy atom. The van der Waals surface area contributed by atoms with Gasteiger partial charge in [-0.25, -0.2) is 13.8 Å². The molecule has 6 heteroatoms. The van der Waals surface area contributed by atoms with Crippen LogP contribution in [0.4, 0.5) is 0 Å². The number of carbonyl (C=O) groups excluding carboxylic acids is 1. The maximum Gasteiger partial charge on any atom is 0.341 e. The maximum atomic E-state index is 13.5. The van der Waals surface area contributed by atoms with Crippen molar-refractivity contribution in [3.05, 3.63) is 88.7 Å². The number of esters is 1. The lowest BCUT2D eigenvalue weighted by molar-refractivity contribution is 0.0529. The lowest BCUT2D eigenvalue weighted by Gasteiger charge is -2.17. The predicted molar refractivity (Wildman–Crippen MR) is 120 cm³/mol. The van der Waals surface area contributed by atoms with E-state index in [9.17, 15) is 9.59 Å². The van der Waals surface area contributed by atoms with Crippen molar-refractivity contribution in [3.8, 4) is 17.0 Å². The zero-order valence-corrected chi connectivity index (χ0v) is 17.2. The van der Waals surface area contributed by atoms with Crippen molar-refractivity contribution in [1.29, 1.82) is 0 Å². The largest absolute Gasteiger partial charge is 0.497 e. The van der Waals surface area contributed by atoms with E-state index in [4.69, 9.17) is 9.47 Å². The molecule has 0 amide bonds. The third-order valence-corrected chi connectivity index (χ3v) is 5.43. The lowest BCUT2D eigenvalue weighted by atomic mass is 10.0. The van der Waals surface area contributed by atoms with Gasteiger partial charge in [-0.05, 0) is 37.3 Å². The number of benzene rings is 3. The molecule has 154 valence electrons. The van der Waals surface area contributed by atoms with Gasteiger partial charge in [-0.1, -0.05) is 42.5 Å². The molecule has 3 aromatic carbocycles. The highest BCUT2D eigenvalue weighted by atomic mass is 16.5. The first kappa shape index (κ1) is 18.9. The van der Waals surface area contributed by atoms with E-state index in [0.717, 1.165) is 11.1 Å². The highest BCUT2D eigenvalue weighted by Gasteiger charge is 2.25. The number of methoxy groups -OCH3 is 1. The van der Waals surface area contributed by atoms with E-state index in [0.29, 0.717) is 33.3 Å². The SMILES string of the molecule is CCOC(=O)c1c(-c2ccccc2)n2c(=O)c3ccccc3n2c2ccc(OC)cc12. The molecule has 2 heterocycles. The Hall–Kier alpha value is -4.06. The molecule has 0 spiro atoms. The quantitative estimate of drug-likeness (QED) is 0.406. The molecule has 0 bridgehead atoms. The number of aromatic nitrogens is 2. The Kier molecular flexibility index (Phi) is 4.47. The first-order valence-corrected chi connectivity index (χ1v) is 10.0. The topological polar surface area (TPSA) is 61.4 Å². The van der Waals surface area contributed by atoms with Crippen molar-refractivity contribution in [1.82, 2.24) is 9.03 Å². The highest BCUT2D eigenvalue weighted by Crippen LogP contribution is 2.33. The first-order valence-electron chi connectivity index (χ1n) is 10.0. The third-order valence-electron chi connectivity index (χ3n) is 5.43. The summed E-state index contributed by atoms with van der Waals surface area (Å²) in [4.78, 5) is 26.8. The van der Waals surface area contributed by atoms with Gasteiger partial charge in [0.1, 0.15) is 5.75 Å². The van der Waals surface area contributed by atoms with E-state index in [1.54, 1.807) is 24.6 Å². The number of hydrogen-bond acceptors (Lipinski definition) is 4.